The topological polar surface area (TPSA) is 56.0 Å². The monoisotopic (exact) mass is 232 g/mol. The number of carbonyl (C=O) groups is 1. The Balaban J connectivity index is 2.54. The Morgan fingerprint density at radius 1 is 1.53 bits per heavy atom. The predicted octanol–water partition coefficient (Wildman–Crippen LogP) is 2.01. The van der Waals surface area contributed by atoms with Crippen LogP contribution < -0.4 is 5.73 Å². The van der Waals surface area contributed by atoms with Crippen LogP contribution in [0.4, 0.5) is 4.39 Å². The second kappa shape index (κ2) is 4.59. The number of benzene rings is 1. The van der Waals surface area contributed by atoms with E-state index in [0.717, 1.165) is 5.39 Å². The Bertz CT molecular complexity index is 568. The summed E-state index contributed by atoms with van der Waals surface area (Å²) in [5.74, 6) is -1.11. The van der Waals surface area contributed by atoms with Crippen molar-refractivity contribution in [1.82, 2.24) is 4.98 Å². The fourth-order valence-electron chi connectivity index (χ4n) is 1.79. The van der Waals surface area contributed by atoms with Crippen molar-refractivity contribution in [1.29, 1.82) is 0 Å². The number of halogens is 1. The summed E-state index contributed by atoms with van der Waals surface area (Å²) < 4.78 is 13.8. The lowest BCUT2D eigenvalue weighted by Crippen LogP contribution is -2.20. The Morgan fingerprint density at radius 2 is 2.29 bits per heavy atom. The zero-order chi connectivity index (χ0) is 12.4. The van der Waals surface area contributed by atoms with Crippen LogP contribution in [0.1, 0.15) is 18.4 Å². The number of nitrogens with zero attached hydrogens (tertiary/aromatic N) is 1. The number of rotatable bonds is 3. The molecule has 1 heterocycles. The van der Waals surface area contributed by atoms with Crippen molar-refractivity contribution >= 4 is 16.7 Å². The van der Waals surface area contributed by atoms with Crippen LogP contribution in [0.5, 0.6) is 0 Å². The zero-order valence-corrected chi connectivity index (χ0v) is 9.48. The summed E-state index contributed by atoms with van der Waals surface area (Å²) in [4.78, 5) is 15.6. The van der Waals surface area contributed by atoms with Gasteiger partial charge in [0.05, 0.1) is 12.1 Å². The number of hydrogen-bond donors (Lipinski definition) is 1. The maximum Gasteiger partial charge on any atom is 0.153 e. The van der Waals surface area contributed by atoms with Crippen LogP contribution in [0, 0.1) is 5.82 Å². The normalized spacial score (nSPS) is 12.6. The second-order valence-electron chi connectivity index (χ2n) is 3.96. The Labute approximate surface area is 98.5 Å². The third kappa shape index (κ3) is 2.17. The number of aromatic nitrogens is 1. The van der Waals surface area contributed by atoms with E-state index in [9.17, 15) is 9.18 Å². The SMILES string of the molecule is CC(C(=O)CN)c1cc2cccnc2cc1F. The average Bonchev–Trinajstić information content (AvgIpc) is 2.36. The molecule has 0 aliphatic carbocycles. The maximum absolute atomic E-state index is 13.8. The van der Waals surface area contributed by atoms with E-state index in [4.69, 9.17) is 5.73 Å². The molecule has 0 aliphatic rings. The number of pyridine rings is 1. The van der Waals surface area contributed by atoms with Crippen LogP contribution in [0.3, 0.4) is 0 Å². The lowest BCUT2D eigenvalue weighted by Gasteiger charge is -2.11. The molecule has 0 amide bonds. The van der Waals surface area contributed by atoms with Crippen molar-refractivity contribution in [3.8, 4) is 0 Å². The van der Waals surface area contributed by atoms with Crippen molar-refractivity contribution in [2.24, 2.45) is 5.73 Å². The average molecular weight is 232 g/mol. The maximum atomic E-state index is 13.8. The van der Waals surface area contributed by atoms with Crippen molar-refractivity contribution in [2.75, 3.05) is 6.54 Å². The molecule has 0 aliphatic heterocycles. The van der Waals surface area contributed by atoms with E-state index in [1.54, 1.807) is 25.3 Å². The van der Waals surface area contributed by atoms with Gasteiger partial charge in [-0.1, -0.05) is 13.0 Å². The van der Waals surface area contributed by atoms with Crippen LogP contribution in [0.25, 0.3) is 10.9 Å². The quantitative estimate of drug-likeness (QED) is 0.880. The highest BCUT2D eigenvalue weighted by Gasteiger charge is 2.18. The van der Waals surface area contributed by atoms with Gasteiger partial charge in [-0.05, 0) is 17.7 Å². The van der Waals surface area contributed by atoms with Crippen molar-refractivity contribution in [3.05, 3.63) is 41.8 Å². The summed E-state index contributed by atoms with van der Waals surface area (Å²) in [5.41, 5.74) is 6.25. The van der Waals surface area contributed by atoms with Gasteiger partial charge in [0.25, 0.3) is 0 Å². The molecule has 1 atom stereocenters. The van der Waals surface area contributed by atoms with E-state index < -0.39 is 11.7 Å². The lowest BCUT2D eigenvalue weighted by atomic mass is 9.95. The zero-order valence-electron chi connectivity index (χ0n) is 9.48. The molecule has 1 aromatic carbocycles. The minimum Gasteiger partial charge on any atom is -0.324 e. The molecule has 3 nitrogen and oxygen atoms in total. The van der Waals surface area contributed by atoms with E-state index in [1.807, 2.05) is 6.07 Å². The van der Waals surface area contributed by atoms with Gasteiger partial charge in [-0.3, -0.25) is 9.78 Å². The van der Waals surface area contributed by atoms with Crippen molar-refractivity contribution < 1.29 is 9.18 Å². The first kappa shape index (κ1) is 11.7. The second-order valence-corrected chi connectivity index (χ2v) is 3.96. The number of Topliss-reactive ketones (excluding diaryl/α,β-unsaturated/α-hetero) is 1. The molecule has 88 valence electrons. The highest BCUT2D eigenvalue weighted by molar-refractivity contribution is 5.89. The molecule has 0 saturated carbocycles. The first-order valence-corrected chi connectivity index (χ1v) is 5.40. The van der Waals surface area contributed by atoms with Gasteiger partial charge in [0.15, 0.2) is 5.78 Å². The molecule has 0 fully saturated rings. The number of fused-ring (bicyclic) bond motifs is 1. The highest BCUT2D eigenvalue weighted by Crippen LogP contribution is 2.24. The fourth-order valence-corrected chi connectivity index (χ4v) is 1.79. The summed E-state index contributed by atoms with van der Waals surface area (Å²) in [6, 6.07) is 6.63. The molecule has 2 rings (SSSR count). The van der Waals surface area contributed by atoms with Gasteiger partial charge in [0, 0.05) is 23.6 Å². The highest BCUT2D eigenvalue weighted by atomic mass is 19.1. The van der Waals surface area contributed by atoms with Crippen LogP contribution >= 0.6 is 0 Å². The first-order valence-electron chi connectivity index (χ1n) is 5.40. The van der Waals surface area contributed by atoms with Crippen LogP contribution in [-0.4, -0.2) is 17.3 Å². The standard InChI is InChI=1S/C13H13FN2O/c1-8(13(17)7-15)10-5-9-3-2-4-16-12(9)6-11(10)14/h2-6,8H,7,15H2,1H3. The van der Waals surface area contributed by atoms with Gasteiger partial charge < -0.3 is 5.73 Å². The van der Waals surface area contributed by atoms with Crippen LogP contribution in [0.15, 0.2) is 30.5 Å². The number of ketones is 1. The molecule has 4 heteroatoms. The number of hydrogen-bond acceptors (Lipinski definition) is 3. The van der Waals surface area contributed by atoms with E-state index >= 15 is 0 Å². The minimum atomic E-state index is -0.524. The molecule has 2 N–H and O–H groups in total. The Hall–Kier alpha value is -1.81. The molecule has 1 unspecified atom stereocenters. The summed E-state index contributed by atoms with van der Waals surface area (Å²) in [6.45, 7) is 1.58. The van der Waals surface area contributed by atoms with Gasteiger partial charge in [-0.2, -0.15) is 0 Å². The van der Waals surface area contributed by atoms with Crippen LogP contribution in [-0.2, 0) is 4.79 Å². The van der Waals surface area contributed by atoms with E-state index in [1.165, 1.54) is 6.07 Å². The fraction of sp³-hybridized carbons (Fsp3) is 0.231. The van der Waals surface area contributed by atoms with Gasteiger partial charge >= 0.3 is 0 Å². The van der Waals surface area contributed by atoms with Crippen LogP contribution in [0.2, 0.25) is 0 Å². The number of nitrogens with two attached hydrogens (primary N) is 1. The molecule has 2 aromatic rings. The summed E-state index contributed by atoms with van der Waals surface area (Å²) >= 11 is 0. The molecule has 17 heavy (non-hydrogen) atoms. The Kier molecular flexibility index (Phi) is 3.15. The largest absolute Gasteiger partial charge is 0.324 e. The van der Waals surface area contributed by atoms with Crippen molar-refractivity contribution in [3.63, 3.8) is 0 Å². The Morgan fingerprint density at radius 3 is 3.00 bits per heavy atom. The van der Waals surface area contributed by atoms with Crippen molar-refractivity contribution in [2.45, 2.75) is 12.8 Å². The molecular weight excluding hydrogens is 219 g/mol. The third-order valence-electron chi connectivity index (χ3n) is 2.87. The van der Waals surface area contributed by atoms with E-state index in [-0.39, 0.29) is 12.3 Å². The van der Waals surface area contributed by atoms with E-state index in [0.29, 0.717) is 11.1 Å². The molecule has 0 radical (unpaired) electrons. The first-order chi connectivity index (χ1) is 8.13. The summed E-state index contributed by atoms with van der Waals surface area (Å²) in [7, 11) is 0. The molecule has 0 spiro atoms. The summed E-state index contributed by atoms with van der Waals surface area (Å²) in [6.07, 6.45) is 1.61. The van der Waals surface area contributed by atoms with E-state index in [2.05, 4.69) is 4.98 Å². The third-order valence-corrected chi connectivity index (χ3v) is 2.87. The molecule has 0 bridgehead atoms. The molecule has 1 aromatic heterocycles. The van der Waals surface area contributed by atoms with Gasteiger partial charge in [0.2, 0.25) is 0 Å². The molecular formula is C13H13FN2O. The molecule has 0 saturated heterocycles. The summed E-state index contributed by atoms with van der Waals surface area (Å²) in [5, 5.41) is 0.820. The van der Waals surface area contributed by atoms with Gasteiger partial charge in [-0.25, -0.2) is 4.39 Å². The van der Waals surface area contributed by atoms with Gasteiger partial charge in [0.1, 0.15) is 5.82 Å². The minimum absolute atomic E-state index is 0.0777. The smallest absolute Gasteiger partial charge is 0.153 e. The lowest BCUT2D eigenvalue weighted by molar-refractivity contribution is -0.118. The number of carbonyl (C=O) groups excluding carboxylic acids is 1. The predicted molar refractivity (Wildman–Crippen MR) is 64.2 cm³/mol. The van der Waals surface area contributed by atoms with Gasteiger partial charge in [-0.15, -0.1) is 0 Å².